The summed E-state index contributed by atoms with van der Waals surface area (Å²) in [5.41, 5.74) is 1.55. The maximum Gasteiger partial charge on any atom is 0.257 e. The van der Waals surface area contributed by atoms with Crippen molar-refractivity contribution in [2.45, 2.75) is 25.3 Å². The minimum atomic E-state index is -0.327. The number of hydrogen-bond donors (Lipinski definition) is 1. The Morgan fingerprint density at radius 2 is 2.11 bits per heavy atom. The Balaban J connectivity index is 1.65. The van der Waals surface area contributed by atoms with Gasteiger partial charge in [-0.15, -0.1) is 11.3 Å². The molecule has 4 rings (SSSR count). The molecule has 0 radical (unpaired) electrons. The molecule has 1 fully saturated rings. The van der Waals surface area contributed by atoms with Crippen LogP contribution >= 0.6 is 11.3 Å². The van der Waals surface area contributed by atoms with Crippen molar-refractivity contribution in [2.75, 3.05) is 26.7 Å². The molecule has 1 saturated heterocycles. The number of nitrogens with zero attached hydrogens (tertiary/aromatic N) is 3. The maximum atomic E-state index is 13.0. The van der Waals surface area contributed by atoms with Gasteiger partial charge < -0.3 is 9.84 Å². The number of ether oxygens (including phenoxy) is 1. The molecule has 2 aliphatic heterocycles. The molecule has 27 heavy (non-hydrogen) atoms. The molecule has 1 aromatic heterocycles. The Bertz CT molecular complexity index is 844. The van der Waals surface area contributed by atoms with Gasteiger partial charge in [-0.05, 0) is 43.4 Å². The molecular weight excluding hydrogens is 362 g/mol. The topological polar surface area (TPSA) is 65.4 Å². The highest BCUT2D eigenvalue weighted by atomic mass is 32.1. The largest absolute Gasteiger partial charge is 0.504 e. The van der Waals surface area contributed by atoms with E-state index in [9.17, 15) is 9.90 Å². The third kappa shape index (κ3) is 3.57. The van der Waals surface area contributed by atoms with Crippen molar-refractivity contribution in [3.8, 4) is 11.5 Å². The Labute approximate surface area is 162 Å². The summed E-state index contributed by atoms with van der Waals surface area (Å²) in [5.74, 6) is 0.450. The van der Waals surface area contributed by atoms with E-state index in [-0.39, 0.29) is 17.7 Å². The van der Waals surface area contributed by atoms with E-state index >= 15 is 0 Å². The predicted octanol–water partition coefficient (Wildman–Crippen LogP) is 3.24. The fourth-order valence-corrected chi connectivity index (χ4v) is 4.47. The number of hydrazone groups is 1. The van der Waals surface area contributed by atoms with E-state index in [1.165, 1.54) is 7.11 Å². The lowest BCUT2D eigenvalue weighted by atomic mass is 9.99. The number of phenols is 1. The van der Waals surface area contributed by atoms with Crippen molar-refractivity contribution in [1.29, 1.82) is 0 Å². The lowest BCUT2D eigenvalue weighted by Gasteiger charge is -2.25. The van der Waals surface area contributed by atoms with Crippen molar-refractivity contribution < 1.29 is 14.6 Å². The van der Waals surface area contributed by atoms with Crippen molar-refractivity contribution in [3.63, 3.8) is 0 Å². The van der Waals surface area contributed by atoms with Gasteiger partial charge in [-0.1, -0.05) is 18.2 Å². The van der Waals surface area contributed by atoms with Gasteiger partial charge in [0, 0.05) is 12.0 Å². The maximum absolute atomic E-state index is 13.0. The summed E-state index contributed by atoms with van der Waals surface area (Å²) in [6.45, 7) is 2.27. The standard InChI is InChI=1S/C20H23N3O3S/c1-26-17-7-4-6-14(20(17)25)16-12-15(18-8-5-11-27-18)21-23(16)19(24)13-22-9-2-3-10-22/h4-8,11,16,25H,2-3,9-10,12-13H2,1H3/t16-/m0/s1. The molecule has 142 valence electrons. The van der Waals surface area contributed by atoms with Crippen LogP contribution in [-0.4, -0.2) is 53.4 Å². The average Bonchev–Trinajstić information content (AvgIpc) is 3.42. The van der Waals surface area contributed by atoms with Crippen LogP contribution in [0.5, 0.6) is 11.5 Å². The van der Waals surface area contributed by atoms with Gasteiger partial charge in [0.15, 0.2) is 11.5 Å². The van der Waals surface area contributed by atoms with Crippen LogP contribution in [-0.2, 0) is 4.79 Å². The van der Waals surface area contributed by atoms with Crippen LogP contribution in [0.15, 0.2) is 40.8 Å². The summed E-state index contributed by atoms with van der Waals surface area (Å²) >= 11 is 1.61. The summed E-state index contributed by atoms with van der Waals surface area (Å²) in [5, 5.41) is 18.8. The third-order valence-corrected chi connectivity index (χ3v) is 6.06. The van der Waals surface area contributed by atoms with Crippen LogP contribution < -0.4 is 4.74 Å². The number of rotatable bonds is 5. The van der Waals surface area contributed by atoms with E-state index in [0.29, 0.717) is 24.3 Å². The number of amides is 1. The first-order valence-corrected chi connectivity index (χ1v) is 10.1. The molecule has 1 atom stereocenters. The number of aromatic hydroxyl groups is 1. The zero-order chi connectivity index (χ0) is 18.8. The molecule has 1 aromatic carbocycles. The van der Waals surface area contributed by atoms with E-state index < -0.39 is 0 Å². The lowest BCUT2D eigenvalue weighted by Crippen LogP contribution is -2.37. The monoisotopic (exact) mass is 385 g/mol. The van der Waals surface area contributed by atoms with Crippen molar-refractivity contribution in [1.82, 2.24) is 9.91 Å². The first-order chi connectivity index (χ1) is 13.2. The predicted molar refractivity (Wildman–Crippen MR) is 105 cm³/mol. The number of benzene rings is 1. The summed E-state index contributed by atoms with van der Waals surface area (Å²) in [4.78, 5) is 16.3. The first kappa shape index (κ1) is 18.0. The van der Waals surface area contributed by atoms with Crippen LogP contribution in [0.4, 0.5) is 0 Å². The van der Waals surface area contributed by atoms with Gasteiger partial charge in [0.05, 0.1) is 30.3 Å². The van der Waals surface area contributed by atoms with Gasteiger partial charge in [-0.2, -0.15) is 5.10 Å². The summed E-state index contributed by atoms with van der Waals surface area (Å²) in [6, 6.07) is 9.05. The number of likely N-dealkylation sites (tertiary alicyclic amines) is 1. The third-order valence-electron chi connectivity index (χ3n) is 5.14. The van der Waals surface area contributed by atoms with Crippen LogP contribution in [0.3, 0.4) is 0 Å². The molecule has 0 bridgehead atoms. The first-order valence-electron chi connectivity index (χ1n) is 9.19. The molecule has 2 aromatic rings. The van der Waals surface area contributed by atoms with Crippen molar-refractivity contribution in [3.05, 3.63) is 46.2 Å². The molecule has 6 nitrogen and oxygen atoms in total. The van der Waals surface area contributed by atoms with Gasteiger partial charge in [0.2, 0.25) is 0 Å². The number of thiophene rings is 1. The minimum Gasteiger partial charge on any atom is -0.504 e. The summed E-state index contributed by atoms with van der Waals surface area (Å²) in [7, 11) is 1.53. The van der Waals surface area contributed by atoms with Gasteiger partial charge in [0.1, 0.15) is 0 Å². The lowest BCUT2D eigenvalue weighted by molar-refractivity contribution is -0.134. The van der Waals surface area contributed by atoms with Crippen LogP contribution in [0.2, 0.25) is 0 Å². The van der Waals surface area contributed by atoms with Gasteiger partial charge in [-0.3, -0.25) is 9.69 Å². The van der Waals surface area contributed by atoms with Gasteiger partial charge in [0.25, 0.3) is 5.91 Å². The van der Waals surface area contributed by atoms with Crippen LogP contribution in [0.1, 0.15) is 35.7 Å². The van der Waals surface area contributed by atoms with E-state index in [2.05, 4.69) is 10.0 Å². The molecular formula is C20H23N3O3S. The molecule has 2 aliphatic rings. The number of carbonyl (C=O) groups excluding carboxylic acids is 1. The zero-order valence-corrected chi connectivity index (χ0v) is 16.1. The molecule has 1 N–H and O–H groups in total. The van der Waals surface area contributed by atoms with Gasteiger partial charge in [-0.25, -0.2) is 5.01 Å². The Morgan fingerprint density at radius 1 is 1.30 bits per heavy atom. The molecule has 0 spiro atoms. The normalized spacial score (nSPS) is 20.1. The highest BCUT2D eigenvalue weighted by Gasteiger charge is 2.36. The molecule has 7 heteroatoms. The highest BCUT2D eigenvalue weighted by molar-refractivity contribution is 7.12. The number of hydrogen-bond acceptors (Lipinski definition) is 6. The second kappa shape index (κ2) is 7.70. The Hall–Kier alpha value is -2.38. The minimum absolute atomic E-state index is 0.0318. The number of phenolic OH excluding ortho intramolecular Hbond substituents is 1. The second-order valence-electron chi connectivity index (χ2n) is 6.86. The molecule has 0 unspecified atom stereocenters. The molecule has 0 saturated carbocycles. The van der Waals surface area contributed by atoms with Crippen molar-refractivity contribution in [2.24, 2.45) is 5.10 Å². The summed E-state index contributed by atoms with van der Waals surface area (Å²) < 4.78 is 5.25. The fraction of sp³-hybridized carbons (Fsp3) is 0.400. The van der Waals surface area contributed by atoms with Crippen molar-refractivity contribution >= 4 is 23.0 Å². The highest BCUT2D eigenvalue weighted by Crippen LogP contribution is 2.41. The average molecular weight is 385 g/mol. The Morgan fingerprint density at radius 3 is 2.81 bits per heavy atom. The molecule has 1 amide bonds. The Kier molecular flexibility index (Phi) is 5.13. The smallest absolute Gasteiger partial charge is 0.257 e. The zero-order valence-electron chi connectivity index (χ0n) is 15.3. The van der Waals surface area contributed by atoms with E-state index in [0.717, 1.165) is 36.5 Å². The van der Waals surface area contributed by atoms with Crippen LogP contribution in [0.25, 0.3) is 0 Å². The van der Waals surface area contributed by atoms with E-state index in [1.807, 2.05) is 29.6 Å². The van der Waals surface area contributed by atoms with Crippen LogP contribution in [0, 0.1) is 0 Å². The van der Waals surface area contributed by atoms with Gasteiger partial charge >= 0.3 is 0 Å². The second-order valence-corrected chi connectivity index (χ2v) is 7.81. The van der Waals surface area contributed by atoms with E-state index in [1.54, 1.807) is 22.4 Å². The number of carbonyl (C=O) groups is 1. The number of para-hydroxylation sites is 1. The fourth-order valence-electron chi connectivity index (χ4n) is 3.75. The SMILES string of the molecule is COc1cccc([C@@H]2CC(c3cccs3)=NN2C(=O)CN2CCCC2)c1O. The number of methoxy groups -OCH3 is 1. The molecule has 3 heterocycles. The quantitative estimate of drug-likeness (QED) is 0.858. The molecule has 0 aliphatic carbocycles. The van der Waals surface area contributed by atoms with E-state index in [4.69, 9.17) is 4.74 Å². The summed E-state index contributed by atoms with van der Waals surface area (Å²) in [6.07, 6.45) is 2.85.